The van der Waals surface area contributed by atoms with Crippen molar-refractivity contribution in [1.29, 1.82) is 0 Å². The van der Waals surface area contributed by atoms with Crippen molar-refractivity contribution in [3.05, 3.63) is 35.1 Å². The topological polar surface area (TPSA) is 111 Å². The number of urea groups is 1. The van der Waals surface area contributed by atoms with Gasteiger partial charge < -0.3 is 9.29 Å². The predicted octanol–water partition coefficient (Wildman–Crippen LogP) is 2.83. The first kappa shape index (κ1) is 26.5. The van der Waals surface area contributed by atoms with Crippen LogP contribution in [0.25, 0.3) is 0 Å². The Morgan fingerprint density at radius 1 is 1.26 bits per heavy atom. The number of alkyl halides is 1. The fraction of sp³-hybridized carbons (Fsp3) is 0.609. The van der Waals surface area contributed by atoms with Crippen LogP contribution in [-0.2, 0) is 25.7 Å². The Labute approximate surface area is 201 Å². The molecule has 4 atom stereocenters. The van der Waals surface area contributed by atoms with Gasteiger partial charge in [-0.05, 0) is 46.6 Å². The number of hydrogen-bond donors (Lipinski definition) is 2. The van der Waals surface area contributed by atoms with Gasteiger partial charge in [0.2, 0.25) is 11.8 Å². The fourth-order valence-electron chi connectivity index (χ4n) is 4.02. The molecule has 2 N–H and O–H groups in total. The molecule has 34 heavy (non-hydrogen) atoms. The number of ether oxygens (including phenoxy) is 1. The first-order chi connectivity index (χ1) is 15.9. The molecule has 0 spiro atoms. The summed E-state index contributed by atoms with van der Waals surface area (Å²) in [7, 11) is 0. The molecule has 0 aliphatic carbocycles. The molecule has 4 amide bonds. The molecular formula is C23H31F2N3O5S. The molecule has 0 saturated carbocycles. The molecule has 8 nitrogen and oxygen atoms in total. The van der Waals surface area contributed by atoms with Crippen molar-refractivity contribution in [3.63, 3.8) is 0 Å². The fourth-order valence-corrected chi connectivity index (χ4v) is 4.88. The summed E-state index contributed by atoms with van der Waals surface area (Å²) in [6.45, 7) is 7.49. The highest BCUT2D eigenvalue weighted by Gasteiger charge is 2.46. The monoisotopic (exact) mass is 499 g/mol. The van der Waals surface area contributed by atoms with Crippen LogP contribution in [0.15, 0.2) is 18.2 Å². The lowest BCUT2D eigenvalue weighted by Crippen LogP contribution is -2.62. The number of benzene rings is 1. The molecule has 2 aliphatic rings. The van der Waals surface area contributed by atoms with E-state index in [1.807, 2.05) is 0 Å². The Bertz CT molecular complexity index is 936. The van der Waals surface area contributed by atoms with Gasteiger partial charge in [0.15, 0.2) is 0 Å². The van der Waals surface area contributed by atoms with Crippen molar-refractivity contribution in [3.8, 4) is 0 Å². The quantitative estimate of drug-likeness (QED) is 0.441. The molecule has 0 bridgehead atoms. The standard InChI is InChI=1S/C23H31F2N3O5S/c1-13-5-6-17(24)15(11-13)19(27-34(32)23(2,3)4)18(25)12-16-20(29)26-22(31)28(21(16)30)14-7-9-33-10-8-14/h5-6,11,14,16,18-19,27H,7-10,12H2,1-4H3,(H,26,29,31)/t16?,18?,19?,34-/m1/s1. The number of hydrogen-bond acceptors (Lipinski definition) is 6. The summed E-state index contributed by atoms with van der Waals surface area (Å²) in [5, 5.41) is 2.14. The van der Waals surface area contributed by atoms with Gasteiger partial charge >= 0.3 is 6.03 Å². The smallest absolute Gasteiger partial charge is 0.331 e. The summed E-state index contributed by atoms with van der Waals surface area (Å²) in [5.41, 5.74) is 0.617. The van der Waals surface area contributed by atoms with Crippen molar-refractivity contribution in [2.75, 3.05) is 13.2 Å². The molecule has 3 unspecified atom stereocenters. The number of rotatable bonds is 7. The van der Waals surface area contributed by atoms with Crippen molar-refractivity contribution in [2.24, 2.45) is 5.92 Å². The minimum Gasteiger partial charge on any atom is -0.598 e. The molecule has 11 heteroatoms. The Morgan fingerprint density at radius 3 is 2.53 bits per heavy atom. The second kappa shape index (κ2) is 10.7. The van der Waals surface area contributed by atoms with E-state index in [1.165, 1.54) is 18.2 Å². The highest BCUT2D eigenvalue weighted by atomic mass is 32.2. The molecule has 3 rings (SSSR count). The van der Waals surface area contributed by atoms with Crippen LogP contribution in [0.5, 0.6) is 0 Å². The Balaban J connectivity index is 1.87. The first-order valence-electron chi connectivity index (χ1n) is 11.2. The van der Waals surface area contributed by atoms with Crippen LogP contribution in [0.3, 0.4) is 0 Å². The SMILES string of the molecule is Cc1ccc(F)c(C(N[S@+]([O-])C(C)(C)C)C(F)CC2C(=O)NC(=O)N(C3CCOCC3)C2=O)c1. The minimum atomic E-state index is -1.95. The van der Waals surface area contributed by atoms with E-state index < -0.39 is 70.4 Å². The van der Waals surface area contributed by atoms with Gasteiger partial charge in [0, 0.05) is 42.6 Å². The second-order valence-electron chi connectivity index (χ2n) is 9.65. The van der Waals surface area contributed by atoms with Gasteiger partial charge in [-0.1, -0.05) is 17.7 Å². The number of amides is 4. The summed E-state index contributed by atoms with van der Waals surface area (Å²) >= 11 is -1.76. The lowest BCUT2D eigenvalue weighted by molar-refractivity contribution is -0.146. The van der Waals surface area contributed by atoms with Crippen molar-refractivity contribution >= 4 is 29.2 Å². The number of imide groups is 2. The number of barbiturate groups is 1. The Morgan fingerprint density at radius 2 is 1.91 bits per heavy atom. The molecule has 188 valence electrons. The summed E-state index contributed by atoms with van der Waals surface area (Å²) in [5.74, 6) is -3.86. The van der Waals surface area contributed by atoms with Gasteiger partial charge in [-0.25, -0.2) is 13.6 Å². The van der Waals surface area contributed by atoms with Crippen molar-refractivity contribution < 1.29 is 32.5 Å². The third-order valence-electron chi connectivity index (χ3n) is 5.96. The zero-order valence-corrected chi connectivity index (χ0v) is 20.5. The lowest BCUT2D eigenvalue weighted by Gasteiger charge is -2.38. The molecule has 0 radical (unpaired) electrons. The maximum Gasteiger partial charge on any atom is 0.331 e. The van der Waals surface area contributed by atoms with E-state index in [4.69, 9.17) is 4.74 Å². The normalized spacial score (nSPS) is 23.0. The highest BCUT2D eigenvalue weighted by Crippen LogP contribution is 2.32. The van der Waals surface area contributed by atoms with E-state index in [2.05, 4.69) is 10.0 Å². The molecule has 2 heterocycles. The van der Waals surface area contributed by atoms with Crippen LogP contribution in [0.2, 0.25) is 0 Å². The zero-order chi connectivity index (χ0) is 25.2. The van der Waals surface area contributed by atoms with Gasteiger partial charge in [-0.15, -0.1) is 4.72 Å². The van der Waals surface area contributed by atoms with Crippen LogP contribution >= 0.6 is 0 Å². The van der Waals surface area contributed by atoms with Crippen LogP contribution < -0.4 is 10.0 Å². The largest absolute Gasteiger partial charge is 0.598 e. The number of nitrogens with zero attached hydrogens (tertiary/aromatic N) is 1. The second-order valence-corrected chi connectivity index (χ2v) is 11.6. The Kier molecular flexibility index (Phi) is 8.33. The molecule has 2 aliphatic heterocycles. The van der Waals surface area contributed by atoms with Crippen LogP contribution in [0, 0.1) is 18.7 Å². The number of carbonyl (C=O) groups excluding carboxylic acids is 3. The van der Waals surface area contributed by atoms with Crippen LogP contribution in [-0.4, -0.2) is 57.5 Å². The summed E-state index contributed by atoms with van der Waals surface area (Å²) in [4.78, 5) is 39.0. The molecule has 0 aromatic heterocycles. The first-order valence-corrected chi connectivity index (χ1v) is 12.4. The van der Waals surface area contributed by atoms with Crippen molar-refractivity contribution in [1.82, 2.24) is 14.9 Å². The van der Waals surface area contributed by atoms with E-state index in [0.29, 0.717) is 31.6 Å². The van der Waals surface area contributed by atoms with Crippen LogP contribution in [0.1, 0.15) is 57.2 Å². The molecule has 2 saturated heterocycles. The third kappa shape index (κ3) is 5.94. The van der Waals surface area contributed by atoms with Gasteiger partial charge in [0.05, 0.1) is 0 Å². The van der Waals surface area contributed by atoms with E-state index in [1.54, 1.807) is 27.7 Å². The van der Waals surface area contributed by atoms with Crippen LogP contribution in [0.4, 0.5) is 13.6 Å². The number of halogens is 2. The predicted molar refractivity (Wildman–Crippen MR) is 122 cm³/mol. The molecular weight excluding hydrogens is 468 g/mol. The minimum absolute atomic E-state index is 0.0499. The van der Waals surface area contributed by atoms with E-state index >= 15 is 4.39 Å². The highest BCUT2D eigenvalue weighted by molar-refractivity contribution is 7.90. The maximum absolute atomic E-state index is 15.8. The average Bonchev–Trinajstić information content (AvgIpc) is 2.76. The molecule has 1 aromatic carbocycles. The summed E-state index contributed by atoms with van der Waals surface area (Å²) in [6, 6.07) is 1.50. The van der Waals surface area contributed by atoms with Gasteiger partial charge in [-0.2, -0.15) is 0 Å². The van der Waals surface area contributed by atoms with Gasteiger partial charge in [0.1, 0.15) is 28.7 Å². The van der Waals surface area contributed by atoms with Gasteiger partial charge in [-0.3, -0.25) is 19.8 Å². The summed E-state index contributed by atoms with van der Waals surface area (Å²) in [6.07, 6.45) is -1.72. The molecule has 1 aromatic rings. The van der Waals surface area contributed by atoms with E-state index in [-0.39, 0.29) is 5.56 Å². The Hall–Kier alpha value is -2.08. The molecule has 2 fully saturated rings. The van der Waals surface area contributed by atoms with Crippen molar-refractivity contribution in [2.45, 2.75) is 70.0 Å². The summed E-state index contributed by atoms with van der Waals surface area (Å²) < 4.78 is 50.4. The third-order valence-corrected chi connectivity index (χ3v) is 7.54. The zero-order valence-electron chi connectivity index (χ0n) is 19.7. The van der Waals surface area contributed by atoms with E-state index in [0.717, 1.165) is 4.90 Å². The van der Waals surface area contributed by atoms with E-state index in [9.17, 15) is 23.3 Å². The number of aryl methyl sites for hydroxylation is 1. The maximum atomic E-state index is 15.8. The number of nitrogens with one attached hydrogen (secondary N) is 2. The lowest BCUT2D eigenvalue weighted by atomic mass is 9.90. The number of carbonyl (C=O) groups is 3. The average molecular weight is 500 g/mol. The van der Waals surface area contributed by atoms with Gasteiger partial charge in [0.25, 0.3) is 0 Å².